The van der Waals surface area contributed by atoms with Gasteiger partial charge in [0, 0.05) is 19.8 Å². The minimum atomic E-state index is -0.824. The third-order valence-corrected chi connectivity index (χ3v) is 3.56. The molecule has 0 aromatic heterocycles. The Bertz CT molecular complexity index is 325. The summed E-state index contributed by atoms with van der Waals surface area (Å²) in [6.45, 7) is 4.55. The summed E-state index contributed by atoms with van der Waals surface area (Å²) in [5.41, 5.74) is 4.84. The van der Waals surface area contributed by atoms with E-state index in [1.54, 1.807) is 7.11 Å². The molecule has 1 amide bonds. The van der Waals surface area contributed by atoms with Gasteiger partial charge in [0.25, 0.3) is 0 Å². The predicted octanol–water partition coefficient (Wildman–Crippen LogP) is 0.690. The van der Waals surface area contributed by atoms with E-state index in [2.05, 4.69) is 10.5 Å². The summed E-state index contributed by atoms with van der Waals surface area (Å²) in [5, 5.41) is 14.7. The average Bonchev–Trinajstić information content (AvgIpc) is 2.30. The number of amides is 1. The van der Waals surface area contributed by atoms with E-state index >= 15 is 0 Å². The number of amidine groups is 1. The Hall–Kier alpha value is -1.30. The van der Waals surface area contributed by atoms with Gasteiger partial charge in [0.15, 0.2) is 5.84 Å². The van der Waals surface area contributed by atoms with E-state index in [9.17, 15) is 4.79 Å². The Kier molecular flexibility index (Phi) is 4.95. The second-order valence-corrected chi connectivity index (χ2v) is 5.24. The van der Waals surface area contributed by atoms with Gasteiger partial charge in [0.2, 0.25) is 5.91 Å². The largest absolute Gasteiger partial charge is 0.409 e. The van der Waals surface area contributed by atoms with Crippen molar-refractivity contribution >= 4 is 11.7 Å². The lowest BCUT2D eigenvalue weighted by Gasteiger charge is -2.44. The van der Waals surface area contributed by atoms with Crippen LogP contribution < -0.4 is 11.1 Å². The van der Waals surface area contributed by atoms with E-state index in [0.717, 1.165) is 6.42 Å². The van der Waals surface area contributed by atoms with Crippen molar-refractivity contribution in [3.8, 4) is 0 Å². The Balaban J connectivity index is 2.62. The molecule has 104 valence electrons. The molecule has 1 fully saturated rings. The lowest BCUT2D eigenvalue weighted by molar-refractivity contribution is -0.133. The first-order valence-corrected chi connectivity index (χ1v) is 6.24. The van der Waals surface area contributed by atoms with Crippen LogP contribution in [0.4, 0.5) is 0 Å². The standard InChI is InChI=1S/C12H23N3O3/c1-8-6-12(7-8,10(13)15-17)11(16)14-9(2)4-5-18-3/h8-9,17H,4-7H2,1-3H3,(H2,13,15)(H,14,16). The summed E-state index contributed by atoms with van der Waals surface area (Å²) in [6, 6.07) is 0.0109. The van der Waals surface area contributed by atoms with Gasteiger partial charge in [0.1, 0.15) is 5.41 Å². The SMILES string of the molecule is COCCC(C)NC(=O)C1(C(N)=NO)CC(C)C1. The number of rotatable bonds is 6. The Morgan fingerprint density at radius 1 is 1.67 bits per heavy atom. The van der Waals surface area contributed by atoms with E-state index in [-0.39, 0.29) is 17.8 Å². The van der Waals surface area contributed by atoms with Gasteiger partial charge in [-0.05, 0) is 32.1 Å². The third kappa shape index (κ3) is 2.93. The van der Waals surface area contributed by atoms with Crippen molar-refractivity contribution < 1.29 is 14.7 Å². The molecular weight excluding hydrogens is 234 g/mol. The summed E-state index contributed by atoms with van der Waals surface area (Å²) in [7, 11) is 1.63. The van der Waals surface area contributed by atoms with Crippen LogP contribution in [0.2, 0.25) is 0 Å². The van der Waals surface area contributed by atoms with Crippen molar-refractivity contribution in [1.29, 1.82) is 0 Å². The van der Waals surface area contributed by atoms with Crippen molar-refractivity contribution in [2.45, 2.75) is 39.2 Å². The molecule has 0 heterocycles. The number of carbonyl (C=O) groups is 1. The minimum Gasteiger partial charge on any atom is -0.409 e. The lowest BCUT2D eigenvalue weighted by atomic mass is 9.61. The summed E-state index contributed by atoms with van der Waals surface area (Å²) < 4.78 is 4.97. The summed E-state index contributed by atoms with van der Waals surface area (Å²) in [6.07, 6.45) is 2.00. The number of carbonyl (C=O) groups excluding carboxylic acids is 1. The number of hydrogen-bond donors (Lipinski definition) is 3. The first-order chi connectivity index (χ1) is 8.46. The number of methoxy groups -OCH3 is 1. The highest BCUT2D eigenvalue weighted by atomic mass is 16.5. The van der Waals surface area contributed by atoms with Crippen molar-refractivity contribution in [2.24, 2.45) is 22.2 Å². The molecule has 0 radical (unpaired) electrons. The monoisotopic (exact) mass is 257 g/mol. The molecule has 0 spiro atoms. The van der Waals surface area contributed by atoms with Gasteiger partial charge in [-0.2, -0.15) is 0 Å². The van der Waals surface area contributed by atoms with Crippen LogP contribution in [-0.2, 0) is 9.53 Å². The molecule has 1 aliphatic rings. The van der Waals surface area contributed by atoms with Crippen molar-refractivity contribution in [2.75, 3.05) is 13.7 Å². The molecule has 0 saturated heterocycles. The maximum absolute atomic E-state index is 12.2. The van der Waals surface area contributed by atoms with E-state index in [0.29, 0.717) is 25.4 Å². The van der Waals surface area contributed by atoms with Gasteiger partial charge in [-0.1, -0.05) is 12.1 Å². The fourth-order valence-corrected chi connectivity index (χ4v) is 2.47. The zero-order valence-corrected chi connectivity index (χ0v) is 11.3. The molecule has 1 aliphatic carbocycles. The number of nitrogens with zero attached hydrogens (tertiary/aromatic N) is 1. The topological polar surface area (TPSA) is 96.9 Å². The molecular formula is C12H23N3O3. The van der Waals surface area contributed by atoms with Crippen LogP contribution in [0.15, 0.2) is 5.16 Å². The number of oxime groups is 1. The normalized spacial score (nSPS) is 29.5. The summed E-state index contributed by atoms with van der Waals surface area (Å²) >= 11 is 0. The van der Waals surface area contributed by atoms with E-state index in [1.807, 2.05) is 13.8 Å². The van der Waals surface area contributed by atoms with Crippen LogP contribution in [0.25, 0.3) is 0 Å². The van der Waals surface area contributed by atoms with Crippen LogP contribution in [0.5, 0.6) is 0 Å². The second kappa shape index (κ2) is 6.04. The Morgan fingerprint density at radius 3 is 2.72 bits per heavy atom. The first-order valence-electron chi connectivity index (χ1n) is 6.24. The molecule has 4 N–H and O–H groups in total. The maximum atomic E-state index is 12.2. The molecule has 18 heavy (non-hydrogen) atoms. The summed E-state index contributed by atoms with van der Waals surface area (Å²) in [5.74, 6) is 0.280. The Morgan fingerprint density at radius 2 is 2.28 bits per heavy atom. The van der Waals surface area contributed by atoms with Crippen molar-refractivity contribution in [3.63, 3.8) is 0 Å². The van der Waals surface area contributed by atoms with Crippen LogP contribution in [0.1, 0.15) is 33.1 Å². The van der Waals surface area contributed by atoms with Crippen LogP contribution in [0, 0.1) is 11.3 Å². The molecule has 6 nitrogen and oxygen atoms in total. The molecule has 6 heteroatoms. The molecule has 1 saturated carbocycles. The van der Waals surface area contributed by atoms with Gasteiger partial charge in [-0.25, -0.2) is 0 Å². The van der Waals surface area contributed by atoms with Gasteiger partial charge < -0.3 is 21.0 Å². The Labute approximate surface area is 108 Å². The number of nitrogens with one attached hydrogen (secondary N) is 1. The van der Waals surface area contributed by atoms with E-state index < -0.39 is 5.41 Å². The average molecular weight is 257 g/mol. The quantitative estimate of drug-likeness (QED) is 0.282. The molecule has 0 bridgehead atoms. The third-order valence-electron chi connectivity index (χ3n) is 3.56. The second-order valence-electron chi connectivity index (χ2n) is 5.24. The molecule has 1 rings (SSSR count). The van der Waals surface area contributed by atoms with Gasteiger partial charge >= 0.3 is 0 Å². The highest BCUT2D eigenvalue weighted by molar-refractivity contribution is 6.07. The highest BCUT2D eigenvalue weighted by Crippen LogP contribution is 2.45. The van der Waals surface area contributed by atoms with Crippen molar-refractivity contribution in [1.82, 2.24) is 5.32 Å². The molecule has 0 aliphatic heterocycles. The lowest BCUT2D eigenvalue weighted by Crippen LogP contribution is -2.58. The smallest absolute Gasteiger partial charge is 0.234 e. The zero-order chi connectivity index (χ0) is 13.8. The van der Waals surface area contributed by atoms with Crippen LogP contribution in [-0.4, -0.2) is 36.7 Å². The number of ether oxygens (including phenoxy) is 1. The fourth-order valence-electron chi connectivity index (χ4n) is 2.47. The number of hydrogen-bond acceptors (Lipinski definition) is 4. The van der Waals surface area contributed by atoms with E-state index in [4.69, 9.17) is 15.7 Å². The van der Waals surface area contributed by atoms with Crippen molar-refractivity contribution in [3.05, 3.63) is 0 Å². The van der Waals surface area contributed by atoms with Gasteiger partial charge in [-0.15, -0.1) is 0 Å². The highest BCUT2D eigenvalue weighted by Gasteiger charge is 2.52. The molecule has 0 aromatic rings. The van der Waals surface area contributed by atoms with E-state index in [1.165, 1.54) is 0 Å². The first kappa shape index (κ1) is 14.8. The predicted molar refractivity (Wildman–Crippen MR) is 68.3 cm³/mol. The fraction of sp³-hybridized carbons (Fsp3) is 0.833. The maximum Gasteiger partial charge on any atom is 0.234 e. The molecule has 1 atom stereocenters. The zero-order valence-electron chi connectivity index (χ0n) is 11.3. The van der Waals surface area contributed by atoms with Gasteiger partial charge in [-0.3, -0.25) is 4.79 Å². The van der Waals surface area contributed by atoms with Crippen LogP contribution >= 0.6 is 0 Å². The summed E-state index contributed by atoms with van der Waals surface area (Å²) in [4.78, 5) is 12.2. The van der Waals surface area contributed by atoms with Gasteiger partial charge in [0.05, 0.1) is 0 Å². The molecule has 0 aromatic carbocycles. The number of nitrogens with two attached hydrogens (primary N) is 1. The molecule has 1 unspecified atom stereocenters. The minimum absolute atomic E-state index is 0.0109. The van der Waals surface area contributed by atoms with Crippen LogP contribution in [0.3, 0.4) is 0 Å².